The lowest BCUT2D eigenvalue weighted by Gasteiger charge is -2.43. The van der Waals surface area contributed by atoms with Gasteiger partial charge in [0.25, 0.3) is 10.1 Å². The fraction of sp³-hybridized carbons (Fsp3) is 0.559. The van der Waals surface area contributed by atoms with Gasteiger partial charge in [-0.1, -0.05) is 63.2 Å². The van der Waals surface area contributed by atoms with Crippen LogP contribution in [0, 0.1) is 11.3 Å². The van der Waals surface area contributed by atoms with Crippen molar-refractivity contribution in [3.8, 4) is 0 Å². The van der Waals surface area contributed by atoms with Crippen LogP contribution >= 0.6 is 0 Å². The fourth-order valence-electron chi connectivity index (χ4n) is 4.80. The highest BCUT2D eigenvalue weighted by Gasteiger charge is 2.47. The van der Waals surface area contributed by atoms with Crippen molar-refractivity contribution in [3.05, 3.63) is 60.2 Å². The number of nitrogens with one attached hydrogen (secondary N) is 1. The molecule has 0 saturated heterocycles. The second kappa shape index (κ2) is 15.4. The smallest absolute Gasteiger partial charge is 0.296 e. The standard InChI is InChI=1S/C34H49NO8S/c1-9-26(36)21-25(23-30(37)35-27-17-13-14-18-29(27)44(39,40)41)19-20-42-34(7,8)33(5,6)31(38)28(43-32(2,3)4)22-24-15-11-10-12-16-24/h10-18,25,28H,9,19-23H2,1-8H3,(H,35,37)(H,39,40,41). The molecule has 2 unspecified atom stereocenters. The molecule has 0 bridgehead atoms. The molecule has 0 aromatic heterocycles. The number of ether oxygens (including phenoxy) is 2. The molecule has 0 spiro atoms. The van der Waals surface area contributed by atoms with E-state index in [9.17, 15) is 27.4 Å². The molecule has 1 amide bonds. The van der Waals surface area contributed by atoms with E-state index in [1.807, 2.05) is 78.8 Å². The summed E-state index contributed by atoms with van der Waals surface area (Å²) in [6, 6.07) is 15.3. The third kappa shape index (κ3) is 11.2. The van der Waals surface area contributed by atoms with Crippen molar-refractivity contribution >= 4 is 33.3 Å². The second-order valence-corrected chi connectivity index (χ2v) is 14.6. The maximum absolute atomic E-state index is 14.0. The minimum atomic E-state index is -4.54. The normalized spacial score (nSPS) is 14.1. The molecule has 0 fully saturated rings. The Morgan fingerprint density at radius 2 is 1.48 bits per heavy atom. The Balaban J connectivity index is 2.15. The zero-order valence-electron chi connectivity index (χ0n) is 27.3. The maximum atomic E-state index is 14.0. The van der Waals surface area contributed by atoms with Gasteiger partial charge in [-0.15, -0.1) is 0 Å². The number of carbonyl (C=O) groups is 3. The van der Waals surface area contributed by atoms with Crippen LogP contribution in [0.3, 0.4) is 0 Å². The van der Waals surface area contributed by atoms with Gasteiger partial charge in [0, 0.05) is 32.3 Å². The summed E-state index contributed by atoms with van der Waals surface area (Å²) in [5.74, 6) is -0.979. The third-order valence-corrected chi connectivity index (χ3v) is 8.90. The number of anilines is 1. The average molecular weight is 632 g/mol. The van der Waals surface area contributed by atoms with E-state index in [2.05, 4.69) is 5.32 Å². The largest absolute Gasteiger partial charge is 0.375 e. The van der Waals surface area contributed by atoms with Crippen LogP contribution in [0.1, 0.15) is 86.6 Å². The molecule has 2 rings (SSSR count). The van der Waals surface area contributed by atoms with Gasteiger partial charge in [-0.05, 0) is 64.7 Å². The lowest BCUT2D eigenvalue weighted by molar-refractivity contribution is -0.168. The van der Waals surface area contributed by atoms with E-state index in [-0.39, 0.29) is 42.6 Å². The van der Waals surface area contributed by atoms with Crippen molar-refractivity contribution in [3.63, 3.8) is 0 Å². The lowest BCUT2D eigenvalue weighted by atomic mass is 9.71. The molecule has 9 nitrogen and oxygen atoms in total. The molecule has 2 N–H and O–H groups in total. The number of hydrogen-bond acceptors (Lipinski definition) is 7. The average Bonchev–Trinajstić information content (AvgIpc) is 2.91. The first kappa shape index (κ1) is 37.3. The molecule has 244 valence electrons. The minimum Gasteiger partial charge on any atom is -0.375 e. The van der Waals surface area contributed by atoms with Crippen molar-refractivity contribution < 1.29 is 36.8 Å². The predicted molar refractivity (Wildman–Crippen MR) is 171 cm³/mol. The number of amides is 1. The van der Waals surface area contributed by atoms with Gasteiger partial charge in [-0.25, -0.2) is 0 Å². The highest BCUT2D eigenvalue weighted by Crippen LogP contribution is 2.38. The van der Waals surface area contributed by atoms with E-state index in [4.69, 9.17) is 9.47 Å². The van der Waals surface area contributed by atoms with Crippen LogP contribution in [0.2, 0.25) is 0 Å². The second-order valence-electron chi connectivity index (χ2n) is 13.2. The van der Waals surface area contributed by atoms with Gasteiger partial charge in [0.1, 0.15) is 16.8 Å². The first-order valence-electron chi connectivity index (χ1n) is 15.0. The van der Waals surface area contributed by atoms with Crippen LogP contribution in [0.4, 0.5) is 5.69 Å². The first-order valence-corrected chi connectivity index (χ1v) is 16.5. The molecular weight excluding hydrogens is 582 g/mol. The maximum Gasteiger partial charge on any atom is 0.296 e. The predicted octanol–water partition coefficient (Wildman–Crippen LogP) is 6.45. The van der Waals surface area contributed by atoms with Gasteiger partial charge in [0.2, 0.25) is 5.91 Å². The van der Waals surface area contributed by atoms with Gasteiger partial charge in [0.05, 0.1) is 22.3 Å². The number of carbonyl (C=O) groups excluding carboxylic acids is 3. The number of ketones is 2. The molecule has 0 aliphatic carbocycles. The van der Waals surface area contributed by atoms with Gasteiger partial charge < -0.3 is 14.8 Å². The number of benzene rings is 2. The quantitative estimate of drug-likeness (QED) is 0.190. The molecule has 0 aliphatic rings. The molecule has 10 heteroatoms. The zero-order chi connectivity index (χ0) is 33.3. The Hall–Kier alpha value is -2.92. The zero-order valence-corrected chi connectivity index (χ0v) is 28.1. The molecule has 0 heterocycles. The van der Waals surface area contributed by atoms with Crippen molar-refractivity contribution in [1.82, 2.24) is 0 Å². The van der Waals surface area contributed by atoms with Crippen LogP contribution in [-0.4, -0.2) is 54.4 Å². The van der Waals surface area contributed by atoms with Gasteiger partial charge in [-0.3, -0.25) is 18.9 Å². The molecule has 0 radical (unpaired) electrons. The summed E-state index contributed by atoms with van der Waals surface area (Å²) in [4.78, 5) is 38.9. The summed E-state index contributed by atoms with van der Waals surface area (Å²) < 4.78 is 45.5. The monoisotopic (exact) mass is 631 g/mol. The Bertz CT molecular complexity index is 1380. The lowest BCUT2D eigenvalue weighted by Crippen LogP contribution is -2.53. The van der Waals surface area contributed by atoms with Crippen molar-refractivity contribution in [2.24, 2.45) is 11.3 Å². The van der Waals surface area contributed by atoms with E-state index in [1.54, 1.807) is 6.92 Å². The summed E-state index contributed by atoms with van der Waals surface area (Å²) in [6.45, 7) is 15.1. The summed E-state index contributed by atoms with van der Waals surface area (Å²) in [5.41, 5.74) is -1.47. The summed E-state index contributed by atoms with van der Waals surface area (Å²) in [7, 11) is -4.54. The van der Waals surface area contributed by atoms with Crippen LogP contribution in [-0.2, 0) is 40.4 Å². The van der Waals surface area contributed by atoms with Crippen molar-refractivity contribution in [2.75, 3.05) is 11.9 Å². The molecule has 2 aromatic carbocycles. The van der Waals surface area contributed by atoms with Gasteiger partial charge in [0.15, 0.2) is 5.78 Å². The molecular formula is C34H49NO8S. The topological polar surface area (TPSA) is 136 Å². The Morgan fingerprint density at radius 1 is 0.886 bits per heavy atom. The van der Waals surface area contributed by atoms with Crippen molar-refractivity contribution in [1.29, 1.82) is 0 Å². The first-order chi connectivity index (χ1) is 20.3. The van der Waals surface area contributed by atoms with Crippen LogP contribution in [0.25, 0.3) is 0 Å². The highest BCUT2D eigenvalue weighted by atomic mass is 32.2. The van der Waals surface area contributed by atoms with Crippen LogP contribution < -0.4 is 5.32 Å². The van der Waals surface area contributed by atoms with E-state index in [1.165, 1.54) is 24.3 Å². The van der Waals surface area contributed by atoms with Crippen LogP contribution in [0.15, 0.2) is 59.5 Å². The summed E-state index contributed by atoms with van der Waals surface area (Å²) >= 11 is 0. The number of hydrogen-bond donors (Lipinski definition) is 2. The molecule has 44 heavy (non-hydrogen) atoms. The Morgan fingerprint density at radius 3 is 2.05 bits per heavy atom. The third-order valence-electron chi connectivity index (χ3n) is 7.99. The molecule has 0 aliphatic heterocycles. The van der Waals surface area contributed by atoms with Gasteiger partial charge in [-0.2, -0.15) is 8.42 Å². The van der Waals surface area contributed by atoms with Gasteiger partial charge >= 0.3 is 0 Å². The van der Waals surface area contributed by atoms with E-state index < -0.39 is 43.6 Å². The molecule has 2 aromatic rings. The summed E-state index contributed by atoms with van der Waals surface area (Å²) in [6.07, 6.45) is 0.491. The Kier molecular flexibility index (Phi) is 13.0. The Labute approximate surface area is 262 Å². The van der Waals surface area contributed by atoms with Crippen LogP contribution in [0.5, 0.6) is 0 Å². The fourth-order valence-corrected chi connectivity index (χ4v) is 5.45. The number of Topliss-reactive ketones (excluding diaryl/α,β-unsaturated/α-hetero) is 2. The van der Waals surface area contributed by atoms with E-state index >= 15 is 0 Å². The summed E-state index contributed by atoms with van der Waals surface area (Å²) in [5, 5.41) is 2.55. The SMILES string of the molecule is CCC(=O)CC(CCOC(C)(C)C(C)(C)C(=O)C(Cc1ccccc1)OC(C)(C)C)CC(=O)Nc1ccccc1S(=O)(=O)O. The molecule has 2 atom stereocenters. The highest BCUT2D eigenvalue weighted by molar-refractivity contribution is 7.86. The van der Waals surface area contributed by atoms with E-state index in [0.29, 0.717) is 19.3 Å². The van der Waals surface area contributed by atoms with E-state index in [0.717, 1.165) is 5.56 Å². The molecule has 0 saturated carbocycles. The van der Waals surface area contributed by atoms with Crippen molar-refractivity contribution in [2.45, 2.75) is 110 Å². The number of para-hydroxylation sites is 1. The number of rotatable bonds is 17. The minimum absolute atomic E-state index is 0.0148.